The van der Waals surface area contributed by atoms with Gasteiger partial charge in [-0.3, -0.25) is 14.9 Å². The number of alkyl halides is 1. The van der Waals surface area contributed by atoms with Gasteiger partial charge in [-0.1, -0.05) is 22.0 Å². The Bertz CT molecular complexity index is 367. The van der Waals surface area contributed by atoms with Gasteiger partial charge in [0.25, 0.3) is 11.6 Å². The molecule has 1 rings (SSSR count). The number of carbonyl (C=O) groups is 1. The maximum atomic E-state index is 11.3. The van der Waals surface area contributed by atoms with E-state index in [-0.39, 0.29) is 17.2 Å². The number of nitro groups is 1. The number of nitrogens with one attached hydrogen (secondary N) is 1. The van der Waals surface area contributed by atoms with Crippen LogP contribution in [0.5, 0.6) is 0 Å². The van der Waals surface area contributed by atoms with Crippen LogP contribution in [0.15, 0.2) is 24.3 Å². The fourth-order valence-electron chi connectivity index (χ4n) is 0.923. The number of halogens is 1. The normalized spacial score (nSPS) is 9.50. The fourth-order valence-corrected chi connectivity index (χ4v) is 1.18. The van der Waals surface area contributed by atoms with Crippen molar-refractivity contribution in [3.05, 3.63) is 39.9 Å². The first kappa shape index (κ1) is 10.6. The molecule has 0 unspecified atom stereocenters. The first-order chi connectivity index (χ1) is 6.65. The molecule has 1 aromatic carbocycles. The average Bonchev–Trinajstić information content (AvgIpc) is 2.18. The maximum Gasteiger partial charge on any atom is 0.270 e. The second-order valence-corrected chi connectivity index (χ2v) is 3.01. The number of nitrogens with zero attached hydrogens (tertiary/aromatic N) is 1. The first-order valence-electron chi connectivity index (χ1n) is 3.74. The van der Waals surface area contributed by atoms with E-state index in [1.807, 2.05) is 0 Å². The Hall–Kier alpha value is -1.43. The predicted molar refractivity (Wildman–Crippen MR) is 54.4 cm³/mol. The van der Waals surface area contributed by atoms with Crippen molar-refractivity contribution >= 4 is 27.5 Å². The van der Waals surface area contributed by atoms with Crippen molar-refractivity contribution in [2.45, 2.75) is 0 Å². The maximum absolute atomic E-state index is 11.3. The number of amides is 1. The highest BCUT2D eigenvalue weighted by atomic mass is 79.9. The van der Waals surface area contributed by atoms with E-state index in [1.54, 1.807) is 0 Å². The summed E-state index contributed by atoms with van der Waals surface area (Å²) in [6.45, 7) is 0. The van der Waals surface area contributed by atoms with E-state index in [9.17, 15) is 14.9 Å². The summed E-state index contributed by atoms with van der Waals surface area (Å²) in [7, 11) is 0. The Morgan fingerprint density at radius 2 is 2.29 bits per heavy atom. The number of carbonyl (C=O) groups excluding carboxylic acids is 1. The van der Waals surface area contributed by atoms with Crippen molar-refractivity contribution in [2.24, 2.45) is 0 Å². The highest BCUT2D eigenvalue weighted by Gasteiger charge is 2.10. The Kier molecular flexibility index (Phi) is 3.58. The molecule has 0 saturated carbocycles. The van der Waals surface area contributed by atoms with Gasteiger partial charge in [-0.15, -0.1) is 0 Å². The zero-order chi connectivity index (χ0) is 10.6. The molecule has 0 aliphatic rings. The lowest BCUT2D eigenvalue weighted by Gasteiger charge is -2.00. The van der Waals surface area contributed by atoms with Crippen LogP contribution < -0.4 is 5.32 Å². The van der Waals surface area contributed by atoms with E-state index in [1.165, 1.54) is 24.3 Å². The van der Waals surface area contributed by atoms with Crippen LogP contribution in [0.3, 0.4) is 0 Å². The van der Waals surface area contributed by atoms with E-state index in [0.29, 0.717) is 5.45 Å². The van der Waals surface area contributed by atoms with Gasteiger partial charge in [0.2, 0.25) is 0 Å². The summed E-state index contributed by atoms with van der Waals surface area (Å²) < 4.78 is 0. The SMILES string of the molecule is O=C(NCBr)c1cccc([N+](=O)[O-])c1. The molecule has 0 saturated heterocycles. The molecule has 1 aromatic rings. The van der Waals surface area contributed by atoms with Crippen molar-refractivity contribution in [2.75, 3.05) is 5.45 Å². The van der Waals surface area contributed by atoms with Gasteiger partial charge in [-0.05, 0) is 6.07 Å². The molecular formula is C8H7BrN2O3. The Balaban J connectivity index is 2.93. The van der Waals surface area contributed by atoms with Gasteiger partial charge in [0.15, 0.2) is 0 Å². The highest BCUT2D eigenvalue weighted by Crippen LogP contribution is 2.12. The molecule has 0 heterocycles. The summed E-state index contributed by atoms with van der Waals surface area (Å²) in [5.74, 6) is -0.342. The van der Waals surface area contributed by atoms with Crippen LogP contribution in [0, 0.1) is 10.1 Å². The van der Waals surface area contributed by atoms with Crippen LogP contribution in [0.25, 0.3) is 0 Å². The summed E-state index contributed by atoms with van der Waals surface area (Å²) in [6.07, 6.45) is 0. The van der Waals surface area contributed by atoms with Crippen molar-refractivity contribution in [3.8, 4) is 0 Å². The number of non-ortho nitro benzene ring substituents is 1. The molecule has 0 bridgehead atoms. The zero-order valence-corrected chi connectivity index (χ0v) is 8.65. The first-order valence-corrected chi connectivity index (χ1v) is 4.86. The Labute approximate surface area is 88.4 Å². The van der Waals surface area contributed by atoms with Crippen LogP contribution >= 0.6 is 15.9 Å². The third-order valence-corrected chi connectivity index (χ3v) is 1.83. The summed E-state index contributed by atoms with van der Waals surface area (Å²) in [6, 6.07) is 5.56. The highest BCUT2D eigenvalue weighted by molar-refractivity contribution is 9.09. The molecule has 14 heavy (non-hydrogen) atoms. The second-order valence-electron chi connectivity index (χ2n) is 2.45. The van der Waals surface area contributed by atoms with Gasteiger partial charge in [0.1, 0.15) is 0 Å². The number of nitro benzene ring substituents is 1. The third-order valence-electron chi connectivity index (χ3n) is 1.55. The number of benzene rings is 1. The Morgan fingerprint density at radius 3 is 2.86 bits per heavy atom. The fraction of sp³-hybridized carbons (Fsp3) is 0.125. The quantitative estimate of drug-likeness (QED) is 0.388. The summed E-state index contributed by atoms with van der Waals surface area (Å²) in [4.78, 5) is 21.1. The van der Waals surface area contributed by atoms with Gasteiger partial charge in [0, 0.05) is 17.7 Å². The minimum Gasteiger partial charge on any atom is -0.342 e. The van der Waals surface area contributed by atoms with E-state index < -0.39 is 4.92 Å². The van der Waals surface area contributed by atoms with E-state index in [4.69, 9.17) is 0 Å². The lowest BCUT2D eigenvalue weighted by atomic mass is 10.2. The van der Waals surface area contributed by atoms with Crippen LogP contribution in [0.4, 0.5) is 5.69 Å². The van der Waals surface area contributed by atoms with Gasteiger partial charge >= 0.3 is 0 Å². The molecule has 0 fully saturated rings. The minimum absolute atomic E-state index is 0.0905. The predicted octanol–water partition coefficient (Wildman–Crippen LogP) is 1.68. The summed E-state index contributed by atoms with van der Waals surface area (Å²) in [5.41, 5.74) is 0.500. The smallest absolute Gasteiger partial charge is 0.270 e. The lowest BCUT2D eigenvalue weighted by Crippen LogP contribution is -2.21. The summed E-state index contributed by atoms with van der Waals surface area (Å²) in [5, 5.41) is 12.9. The molecule has 74 valence electrons. The van der Waals surface area contributed by atoms with Crippen LogP contribution in [-0.2, 0) is 0 Å². The van der Waals surface area contributed by atoms with Gasteiger partial charge in [0.05, 0.1) is 10.4 Å². The van der Waals surface area contributed by atoms with E-state index >= 15 is 0 Å². The molecule has 0 aliphatic carbocycles. The average molecular weight is 259 g/mol. The second kappa shape index (κ2) is 4.71. The van der Waals surface area contributed by atoms with Crippen LogP contribution in [0.1, 0.15) is 10.4 Å². The molecule has 1 amide bonds. The van der Waals surface area contributed by atoms with Crippen LogP contribution in [0.2, 0.25) is 0 Å². The van der Waals surface area contributed by atoms with Crippen molar-refractivity contribution in [1.29, 1.82) is 0 Å². The molecule has 1 N–H and O–H groups in total. The number of rotatable bonds is 3. The molecule has 6 heteroatoms. The summed E-state index contributed by atoms with van der Waals surface area (Å²) >= 11 is 3.03. The van der Waals surface area contributed by atoms with E-state index in [2.05, 4.69) is 21.2 Å². The zero-order valence-electron chi connectivity index (χ0n) is 7.07. The molecule has 0 aliphatic heterocycles. The van der Waals surface area contributed by atoms with Crippen molar-refractivity contribution in [3.63, 3.8) is 0 Å². The Morgan fingerprint density at radius 1 is 1.57 bits per heavy atom. The van der Waals surface area contributed by atoms with Gasteiger partial charge < -0.3 is 5.32 Å². The molecule has 0 spiro atoms. The number of hydrogen-bond donors (Lipinski definition) is 1. The molecule has 0 atom stereocenters. The van der Waals surface area contributed by atoms with Crippen molar-refractivity contribution < 1.29 is 9.72 Å². The molecule has 5 nitrogen and oxygen atoms in total. The molecular weight excluding hydrogens is 252 g/mol. The van der Waals surface area contributed by atoms with Gasteiger partial charge in [-0.25, -0.2) is 0 Å². The number of hydrogen-bond acceptors (Lipinski definition) is 3. The monoisotopic (exact) mass is 258 g/mol. The van der Waals surface area contributed by atoms with Gasteiger partial charge in [-0.2, -0.15) is 0 Å². The molecule has 0 aromatic heterocycles. The topological polar surface area (TPSA) is 72.2 Å². The van der Waals surface area contributed by atoms with Crippen molar-refractivity contribution in [1.82, 2.24) is 5.32 Å². The standard InChI is InChI=1S/C8H7BrN2O3/c9-5-10-8(12)6-2-1-3-7(4-6)11(13)14/h1-4H,5H2,(H,10,12). The molecule has 0 radical (unpaired) electrons. The lowest BCUT2D eigenvalue weighted by molar-refractivity contribution is -0.384. The largest absolute Gasteiger partial charge is 0.342 e. The minimum atomic E-state index is -0.537. The third kappa shape index (κ3) is 2.53. The van der Waals surface area contributed by atoms with E-state index in [0.717, 1.165) is 0 Å². The van der Waals surface area contributed by atoms with Crippen LogP contribution in [-0.4, -0.2) is 16.3 Å².